The lowest BCUT2D eigenvalue weighted by molar-refractivity contribution is -0.128. The van der Waals surface area contributed by atoms with Crippen LogP contribution in [-0.2, 0) is 14.4 Å². The number of amides is 3. The maximum Gasteiger partial charge on any atom is 0.249 e. The summed E-state index contributed by atoms with van der Waals surface area (Å²) in [6.45, 7) is 4.72. The fourth-order valence-corrected chi connectivity index (χ4v) is 5.03. The van der Waals surface area contributed by atoms with E-state index in [2.05, 4.69) is 22.0 Å². The quantitative estimate of drug-likeness (QED) is 0.374. The molecular formula is C31H33ClFN5O4. The molecule has 0 fully saturated rings. The summed E-state index contributed by atoms with van der Waals surface area (Å²) in [7, 11) is 3.12. The van der Waals surface area contributed by atoms with Crippen molar-refractivity contribution in [1.29, 1.82) is 5.26 Å². The number of nitrogens with zero attached hydrogens (tertiary/aromatic N) is 2. The second-order valence-electron chi connectivity index (χ2n) is 9.89. The molecule has 9 nitrogen and oxygen atoms in total. The Morgan fingerprint density at radius 2 is 1.86 bits per heavy atom. The topological polar surface area (TPSA) is 124 Å². The summed E-state index contributed by atoms with van der Waals surface area (Å²) in [4.78, 5) is 40.2. The number of likely N-dealkylation sites (N-methyl/N-ethyl adjacent to an activating group) is 1. The van der Waals surface area contributed by atoms with Crippen LogP contribution in [0.5, 0.6) is 5.75 Å². The molecule has 3 aromatic rings. The summed E-state index contributed by atoms with van der Waals surface area (Å²) in [6, 6.07) is 16.5. The number of carbonyl (C=O) groups excluding carboxylic acids is 3. The highest BCUT2D eigenvalue weighted by molar-refractivity contribution is 6.07. The van der Waals surface area contributed by atoms with Crippen molar-refractivity contribution in [3.05, 3.63) is 77.6 Å². The van der Waals surface area contributed by atoms with Crippen LogP contribution in [0.15, 0.2) is 60.7 Å². The van der Waals surface area contributed by atoms with Crippen molar-refractivity contribution in [3.63, 3.8) is 0 Å². The number of hydrogen-bond acceptors (Lipinski definition) is 6. The van der Waals surface area contributed by atoms with Crippen molar-refractivity contribution in [1.82, 2.24) is 10.6 Å². The minimum absolute atomic E-state index is 0. The molecule has 0 bridgehead atoms. The molecule has 0 aliphatic carbocycles. The van der Waals surface area contributed by atoms with E-state index in [9.17, 15) is 24.0 Å². The average Bonchev–Trinajstić information content (AvgIpc) is 3.06. The van der Waals surface area contributed by atoms with Gasteiger partial charge in [-0.1, -0.05) is 30.3 Å². The van der Waals surface area contributed by atoms with E-state index in [1.165, 1.54) is 25.0 Å². The van der Waals surface area contributed by atoms with Crippen molar-refractivity contribution in [2.45, 2.75) is 44.8 Å². The van der Waals surface area contributed by atoms with Gasteiger partial charge in [0.2, 0.25) is 17.7 Å². The van der Waals surface area contributed by atoms with E-state index in [0.717, 1.165) is 0 Å². The van der Waals surface area contributed by atoms with Crippen LogP contribution in [0.4, 0.5) is 15.8 Å². The van der Waals surface area contributed by atoms with Gasteiger partial charge in [-0.2, -0.15) is 5.26 Å². The fraction of sp³-hybridized carbons (Fsp3) is 0.290. The van der Waals surface area contributed by atoms with E-state index in [1.54, 1.807) is 75.5 Å². The van der Waals surface area contributed by atoms with Gasteiger partial charge in [0.25, 0.3) is 0 Å². The highest BCUT2D eigenvalue weighted by Crippen LogP contribution is 2.40. The predicted molar refractivity (Wildman–Crippen MR) is 161 cm³/mol. The Labute approximate surface area is 250 Å². The summed E-state index contributed by atoms with van der Waals surface area (Å²) >= 11 is 0. The third-order valence-corrected chi connectivity index (χ3v) is 7.36. The summed E-state index contributed by atoms with van der Waals surface area (Å²) in [5.41, 5.74) is 2.77. The second-order valence-corrected chi connectivity index (χ2v) is 9.89. The molecule has 0 saturated heterocycles. The van der Waals surface area contributed by atoms with Crippen LogP contribution in [0, 0.1) is 17.1 Å². The summed E-state index contributed by atoms with van der Waals surface area (Å²) in [5.74, 6) is -2.00. The number of ether oxygens (including phenoxy) is 1. The highest BCUT2D eigenvalue weighted by Gasteiger charge is 2.38. The van der Waals surface area contributed by atoms with E-state index in [4.69, 9.17) is 4.74 Å². The Kier molecular flexibility index (Phi) is 10.3. The Bertz CT molecular complexity index is 1540. The molecule has 1 heterocycles. The number of halogens is 2. The number of nitriles is 1. The Hall–Kier alpha value is -4.46. The van der Waals surface area contributed by atoms with Gasteiger partial charge in [0.15, 0.2) is 0 Å². The molecule has 0 saturated carbocycles. The Morgan fingerprint density at radius 1 is 1.14 bits per heavy atom. The molecule has 3 aromatic carbocycles. The first-order chi connectivity index (χ1) is 19.6. The van der Waals surface area contributed by atoms with Gasteiger partial charge in [-0.05, 0) is 62.4 Å². The SMILES string of the molecule is CN[C@@H](C)C(=O)N[C@@H]1C(=O)Nc2ccc(C(C#N)c3cc(-c4ccccc4F)ccc3OC)cc2N(C(C)=O)[C@H]1C.Cl. The number of hydrogen-bond donors (Lipinski definition) is 3. The van der Waals surface area contributed by atoms with Crippen molar-refractivity contribution in [2.75, 3.05) is 24.4 Å². The first-order valence-electron chi connectivity index (χ1n) is 13.2. The number of rotatable bonds is 7. The molecule has 3 N–H and O–H groups in total. The molecule has 1 aliphatic heterocycles. The summed E-state index contributed by atoms with van der Waals surface area (Å²) in [6.07, 6.45) is 0. The molecule has 0 aromatic heterocycles. The van der Waals surface area contributed by atoms with E-state index in [-0.39, 0.29) is 24.2 Å². The molecule has 11 heteroatoms. The molecule has 0 radical (unpaired) electrons. The van der Waals surface area contributed by atoms with E-state index < -0.39 is 35.8 Å². The maximum atomic E-state index is 14.6. The van der Waals surface area contributed by atoms with Gasteiger partial charge in [-0.25, -0.2) is 4.39 Å². The maximum absolute atomic E-state index is 14.6. The first kappa shape index (κ1) is 32.1. The third kappa shape index (κ3) is 6.22. The van der Waals surface area contributed by atoms with E-state index >= 15 is 0 Å². The van der Waals surface area contributed by atoms with E-state index in [0.29, 0.717) is 39.4 Å². The zero-order valence-corrected chi connectivity index (χ0v) is 24.7. The summed E-state index contributed by atoms with van der Waals surface area (Å²) < 4.78 is 20.1. The molecule has 4 rings (SSSR count). The minimum Gasteiger partial charge on any atom is -0.496 e. The lowest BCUT2D eigenvalue weighted by Crippen LogP contribution is -2.58. The van der Waals surface area contributed by atoms with E-state index in [1.807, 2.05) is 0 Å². The predicted octanol–water partition coefficient (Wildman–Crippen LogP) is 4.36. The van der Waals surface area contributed by atoms with Crippen LogP contribution < -0.4 is 25.6 Å². The highest BCUT2D eigenvalue weighted by atomic mass is 35.5. The van der Waals surface area contributed by atoms with Crippen LogP contribution in [0.2, 0.25) is 0 Å². The molecule has 220 valence electrons. The third-order valence-electron chi connectivity index (χ3n) is 7.36. The number of benzene rings is 3. The van der Waals surface area contributed by atoms with Crippen molar-refractivity contribution in [3.8, 4) is 22.9 Å². The largest absolute Gasteiger partial charge is 0.496 e. The van der Waals surface area contributed by atoms with Crippen molar-refractivity contribution >= 4 is 41.5 Å². The number of fused-ring (bicyclic) bond motifs is 1. The van der Waals surface area contributed by atoms with Crippen molar-refractivity contribution in [2.24, 2.45) is 0 Å². The summed E-state index contributed by atoms with van der Waals surface area (Å²) in [5, 5.41) is 18.7. The van der Waals surface area contributed by atoms with Gasteiger partial charge in [0.05, 0.1) is 42.6 Å². The zero-order valence-electron chi connectivity index (χ0n) is 23.9. The Balaban J connectivity index is 0.00000484. The lowest BCUT2D eigenvalue weighted by atomic mass is 9.89. The lowest BCUT2D eigenvalue weighted by Gasteiger charge is -2.32. The molecule has 4 atom stereocenters. The number of anilines is 2. The molecule has 3 amide bonds. The van der Waals surface area contributed by atoms with Gasteiger partial charge < -0.3 is 25.6 Å². The van der Waals surface area contributed by atoms with Crippen molar-refractivity contribution < 1.29 is 23.5 Å². The smallest absolute Gasteiger partial charge is 0.249 e. The van der Waals surface area contributed by atoms with Crippen LogP contribution >= 0.6 is 12.4 Å². The standard InChI is InChI=1S/C31H32FN5O4.ClH/c1-17(34-4)30(39)36-29-18(2)37(19(3)38)27-15-21(10-12-26(27)35-31(29)40)24(16-33)23-14-20(11-13-28(23)41-5)22-8-6-7-9-25(22)32;/h6-15,17-18,24,29,34H,1-5H3,(H,35,40)(H,36,39);1H/t17-,18-,24?,29-;/m0./s1. The average molecular weight is 594 g/mol. The minimum atomic E-state index is -1.03. The zero-order chi connectivity index (χ0) is 29.8. The molecule has 42 heavy (non-hydrogen) atoms. The second kappa shape index (κ2) is 13.5. The number of carbonyl (C=O) groups is 3. The van der Waals surface area contributed by atoms with Gasteiger partial charge in [0, 0.05) is 18.1 Å². The van der Waals surface area contributed by atoms with Crippen LogP contribution in [0.1, 0.15) is 37.8 Å². The van der Waals surface area contributed by atoms with Crippen LogP contribution in [0.3, 0.4) is 0 Å². The normalized spacial score (nSPS) is 17.4. The van der Waals surface area contributed by atoms with Gasteiger partial charge in [-0.15, -0.1) is 12.4 Å². The molecule has 0 spiro atoms. The number of nitrogens with one attached hydrogen (secondary N) is 3. The first-order valence-corrected chi connectivity index (χ1v) is 13.2. The van der Waals surface area contributed by atoms with Gasteiger partial charge in [0.1, 0.15) is 17.6 Å². The van der Waals surface area contributed by atoms with Crippen LogP contribution in [0.25, 0.3) is 11.1 Å². The molecule has 1 unspecified atom stereocenters. The molecular weight excluding hydrogens is 561 g/mol. The van der Waals surface area contributed by atoms with Gasteiger partial charge in [-0.3, -0.25) is 14.4 Å². The van der Waals surface area contributed by atoms with Crippen LogP contribution in [-0.4, -0.2) is 50.0 Å². The Morgan fingerprint density at radius 3 is 2.48 bits per heavy atom. The number of methoxy groups -OCH3 is 1. The molecule has 1 aliphatic rings. The van der Waals surface area contributed by atoms with Gasteiger partial charge >= 0.3 is 0 Å². The fourth-order valence-electron chi connectivity index (χ4n) is 5.03. The monoisotopic (exact) mass is 593 g/mol.